The van der Waals surface area contributed by atoms with Crippen molar-refractivity contribution >= 4 is 28.6 Å². The first-order valence-corrected chi connectivity index (χ1v) is 12.5. The van der Waals surface area contributed by atoms with Crippen molar-refractivity contribution in [3.05, 3.63) is 88.0 Å². The van der Waals surface area contributed by atoms with Crippen molar-refractivity contribution in [2.75, 3.05) is 14.1 Å². The fourth-order valence-electron chi connectivity index (χ4n) is 3.92. The van der Waals surface area contributed by atoms with Crippen molar-refractivity contribution < 1.29 is 14.4 Å². The highest BCUT2D eigenvalue weighted by Gasteiger charge is 2.30. The first-order chi connectivity index (χ1) is 18.1. The number of allylic oxidation sites excluding steroid dienone is 1. The largest absolute Gasteiger partial charge is 0.352 e. The third-order valence-corrected chi connectivity index (χ3v) is 5.64. The zero-order valence-corrected chi connectivity index (χ0v) is 22.8. The standard InChI is InChI=1S/C24H24N4O4.C3H6.C2H7N/c1-14-3-5-16(6-4-14)12-22(30)25-13-17-7-8-19-18(11-17)24(32)28(15(2)26-19)20-9-10-21(29)27-23(20)31;2*1-3-2/h3-8,11,20H,9-10,12-13H2,1-2H3,(H,25,30)(H,27,29,31);3H,1H2,2H3;3H,1-2H3/t20-;;/m1../s1. The van der Waals surface area contributed by atoms with Gasteiger partial charge in [-0.1, -0.05) is 42.0 Å². The van der Waals surface area contributed by atoms with Gasteiger partial charge in [0.2, 0.25) is 17.7 Å². The van der Waals surface area contributed by atoms with E-state index in [1.165, 1.54) is 4.57 Å². The smallest absolute Gasteiger partial charge is 0.262 e. The second-order valence-electron chi connectivity index (χ2n) is 9.00. The van der Waals surface area contributed by atoms with E-state index in [2.05, 4.69) is 27.5 Å². The number of carbonyl (C=O) groups is 3. The Kier molecular flexibility index (Phi) is 11.6. The molecule has 2 aromatic carbocycles. The summed E-state index contributed by atoms with van der Waals surface area (Å²) in [5.74, 6) is -0.533. The monoisotopic (exact) mass is 519 g/mol. The van der Waals surface area contributed by atoms with Crippen molar-refractivity contribution in [3.8, 4) is 0 Å². The van der Waals surface area contributed by atoms with Crippen LogP contribution in [0.2, 0.25) is 0 Å². The normalized spacial score (nSPS) is 14.4. The SMILES string of the molecule is C=CC.CNC.Cc1ccc(CC(=O)NCc2ccc3nc(C)n([C@@H]4CCC(=O)NC4=O)c(=O)c3c2)cc1. The Morgan fingerprint density at radius 1 is 1.11 bits per heavy atom. The third kappa shape index (κ3) is 8.21. The van der Waals surface area contributed by atoms with Crippen molar-refractivity contribution in [2.45, 2.75) is 52.6 Å². The summed E-state index contributed by atoms with van der Waals surface area (Å²) in [4.78, 5) is 53.7. The summed E-state index contributed by atoms with van der Waals surface area (Å²) >= 11 is 0. The highest BCUT2D eigenvalue weighted by molar-refractivity contribution is 5.99. The molecule has 38 heavy (non-hydrogen) atoms. The van der Waals surface area contributed by atoms with E-state index in [1.54, 1.807) is 25.1 Å². The molecule has 3 amide bonds. The summed E-state index contributed by atoms with van der Waals surface area (Å²) < 4.78 is 1.35. The Morgan fingerprint density at radius 2 is 1.71 bits per heavy atom. The Labute approximate surface area is 223 Å². The number of rotatable bonds is 5. The number of hydrogen-bond acceptors (Lipinski definition) is 6. The minimum Gasteiger partial charge on any atom is -0.352 e. The van der Waals surface area contributed by atoms with Gasteiger partial charge in [0.25, 0.3) is 5.56 Å². The van der Waals surface area contributed by atoms with Gasteiger partial charge in [-0.2, -0.15) is 0 Å². The fraction of sp³-hybridized carbons (Fsp3) is 0.345. The van der Waals surface area contributed by atoms with E-state index in [1.807, 2.05) is 58.3 Å². The lowest BCUT2D eigenvalue weighted by Gasteiger charge is -2.24. The summed E-state index contributed by atoms with van der Waals surface area (Å²) in [6, 6.07) is 12.3. The van der Waals surface area contributed by atoms with Crippen LogP contribution in [0.4, 0.5) is 0 Å². The molecule has 0 bridgehead atoms. The van der Waals surface area contributed by atoms with Gasteiger partial charge in [0.05, 0.1) is 17.3 Å². The lowest BCUT2D eigenvalue weighted by molar-refractivity contribution is -0.135. The minimum atomic E-state index is -0.769. The molecule has 1 aliphatic heterocycles. The van der Waals surface area contributed by atoms with E-state index in [4.69, 9.17) is 0 Å². The number of nitrogens with zero attached hydrogens (tertiary/aromatic N) is 2. The molecule has 1 aromatic heterocycles. The highest BCUT2D eigenvalue weighted by Crippen LogP contribution is 2.20. The zero-order valence-electron chi connectivity index (χ0n) is 22.8. The summed E-state index contributed by atoms with van der Waals surface area (Å²) in [7, 11) is 3.75. The predicted octanol–water partition coefficient (Wildman–Crippen LogP) is 2.88. The maximum Gasteiger partial charge on any atom is 0.262 e. The molecule has 0 aliphatic carbocycles. The van der Waals surface area contributed by atoms with Crippen molar-refractivity contribution in [1.82, 2.24) is 25.5 Å². The molecule has 0 radical (unpaired) electrons. The molecular weight excluding hydrogens is 482 g/mol. The van der Waals surface area contributed by atoms with Gasteiger partial charge in [-0.3, -0.25) is 29.1 Å². The van der Waals surface area contributed by atoms with Gasteiger partial charge >= 0.3 is 0 Å². The van der Waals surface area contributed by atoms with Crippen LogP contribution in [0.25, 0.3) is 10.9 Å². The molecule has 0 saturated carbocycles. The highest BCUT2D eigenvalue weighted by atomic mass is 16.2. The number of fused-ring (bicyclic) bond motifs is 1. The third-order valence-electron chi connectivity index (χ3n) is 5.64. The van der Waals surface area contributed by atoms with Crippen LogP contribution in [0.3, 0.4) is 0 Å². The average molecular weight is 520 g/mol. The van der Waals surface area contributed by atoms with Crippen LogP contribution in [-0.2, 0) is 27.3 Å². The van der Waals surface area contributed by atoms with Crippen LogP contribution in [0.15, 0.2) is 59.9 Å². The Balaban J connectivity index is 0.000000773. The van der Waals surface area contributed by atoms with Crippen molar-refractivity contribution in [3.63, 3.8) is 0 Å². The summed E-state index contributed by atoms with van der Waals surface area (Å²) in [5, 5.41) is 8.28. The summed E-state index contributed by atoms with van der Waals surface area (Å²) in [5.41, 5.74) is 3.00. The topological polar surface area (TPSA) is 122 Å². The predicted molar refractivity (Wildman–Crippen MR) is 150 cm³/mol. The Morgan fingerprint density at radius 3 is 2.32 bits per heavy atom. The van der Waals surface area contributed by atoms with E-state index in [0.29, 0.717) is 16.7 Å². The molecule has 1 fully saturated rings. The molecular formula is C29H37N5O4. The quantitative estimate of drug-likeness (QED) is 0.352. The number of piperidine rings is 1. The molecule has 1 saturated heterocycles. The number of benzene rings is 2. The van der Waals surface area contributed by atoms with E-state index < -0.39 is 11.9 Å². The second kappa shape index (κ2) is 14.6. The molecule has 202 valence electrons. The first-order valence-electron chi connectivity index (χ1n) is 12.5. The molecule has 1 aliphatic rings. The maximum absolute atomic E-state index is 13.2. The maximum atomic E-state index is 13.2. The van der Waals surface area contributed by atoms with E-state index in [9.17, 15) is 19.2 Å². The molecule has 4 rings (SSSR count). The molecule has 3 N–H and O–H groups in total. The molecule has 2 heterocycles. The van der Waals surface area contributed by atoms with Crippen LogP contribution in [0.1, 0.15) is 48.3 Å². The molecule has 0 unspecified atom stereocenters. The number of aromatic nitrogens is 2. The van der Waals surface area contributed by atoms with Crippen LogP contribution in [-0.4, -0.2) is 41.4 Å². The molecule has 0 spiro atoms. The number of nitrogens with one attached hydrogen (secondary N) is 3. The second-order valence-corrected chi connectivity index (χ2v) is 9.00. The van der Waals surface area contributed by atoms with Crippen LogP contribution >= 0.6 is 0 Å². The summed E-state index contributed by atoms with van der Waals surface area (Å²) in [6.07, 6.45) is 2.46. The van der Waals surface area contributed by atoms with E-state index >= 15 is 0 Å². The number of carbonyl (C=O) groups excluding carboxylic acids is 3. The first kappa shape index (κ1) is 30.1. The zero-order chi connectivity index (χ0) is 28.2. The van der Waals surface area contributed by atoms with Crippen molar-refractivity contribution in [2.24, 2.45) is 0 Å². The number of imide groups is 1. The van der Waals surface area contributed by atoms with Gasteiger partial charge in [-0.05, 0) is 64.5 Å². The van der Waals surface area contributed by atoms with Gasteiger partial charge in [-0.15, -0.1) is 6.58 Å². The van der Waals surface area contributed by atoms with E-state index in [0.717, 1.165) is 16.7 Å². The average Bonchev–Trinajstić information content (AvgIpc) is 2.86. The van der Waals surface area contributed by atoms with Crippen LogP contribution in [0, 0.1) is 13.8 Å². The fourth-order valence-corrected chi connectivity index (χ4v) is 3.92. The molecule has 1 atom stereocenters. The van der Waals surface area contributed by atoms with Gasteiger partial charge in [0.15, 0.2) is 0 Å². The Hall–Kier alpha value is -4.11. The number of amides is 3. The van der Waals surface area contributed by atoms with Gasteiger partial charge in [0, 0.05) is 13.0 Å². The van der Waals surface area contributed by atoms with Crippen LogP contribution in [0.5, 0.6) is 0 Å². The lowest BCUT2D eigenvalue weighted by atomic mass is 10.0. The molecule has 9 nitrogen and oxygen atoms in total. The lowest BCUT2D eigenvalue weighted by Crippen LogP contribution is -2.45. The molecule has 3 aromatic rings. The van der Waals surface area contributed by atoms with Gasteiger partial charge in [0.1, 0.15) is 11.9 Å². The Bertz CT molecular complexity index is 1350. The minimum absolute atomic E-state index is 0.114. The van der Waals surface area contributed by atoms with Gasteiger partial charge < -0.3 is 10.6 Å². The van der Waals surface area contributed by atoms with E-state index in [-0.39, 0.29) is 43.2 Å². The van der Waals surface area contributed by atoms with Crippen molar-refractivity contribution in [1.29, 1.82) is 0 Å². The van der Waals surface area contributed by atoms with Crippen LogP contribution < -0.4 is 21.5 Å². The molecule has 9 heteroatoms. The van der Waals surface area contributed by atoms with Gasteiger partial charge in [-0.25, -0.2) is 4.98 Å². The summed E-state index contributed by atoms with van der Waals surface area (Å²) in [6.45, 7) is 9.18. The number of hydrogen-bond donors (Lipinski definition) is 3. The number of aryl methyl sites for hydroxylation is 2.